The third kappa shape index (κ3) is 2.95. The third-order valence-electron chi connectivity index (χ3n) is 2.01. The molecule has 0 saturated carbocycles. The first-order valence-corrected chi connectivity index (χ1v) is 7.03. The quantitative estimate of drug-likeness (QED) is 0.945. The predicted molar refractivity (Wildman–Crippen MR) is 68.5 cm³/mol. The van der Waals surface area contributed by atoms with Gasteiger partial charge in [0, 0.05) is 16.1 Å². The molecule has 0 amide bonds. The van der Waals surface area contributed by atoms with Crippen molar-refractivity contribution < 1.29 is 12.9 Å². The zero-order chi connectivity index (χ0) is 13.3. The highest BCUT2D eigenvalue weighted by Crippen LogP contribution is 2.23. The van der Waals surface area contributed by atoms with Crippen LogP contribution in [0.4, 0.5) is 5.82 Å². The van der Waals surface area contributed by atoms with E-state index in [1.165, 1.54) is 24.3 Å². The first-order chi connectivity index (χ1) is 8.37. The number of hydrogen-bond donors (Lipinski definition) is 1. The Labute approximate surface area is 114 Å². The number of halogens is 2. The van der Waals surface area contributed by atoms with Crippen molar-refractivity contribution in [2.75, 3.05) is 4.72 Å². The van der Waals surface area contributed by atoms with Gasteiger partial charge in [-0.05, 0) is 25.1 Å². The molecular weight excluding hydrogens is 299 g/mol. The number of nitrogens with one attached hydrogen (secondary N) is 1. The molecule has 18 heavy (non-hydrogen) atoms. The SMILES string of the molecule is Cc1cc(NS(=O)(=O)c2cc(Cl)cc(Cl)c2)no1. The van der Waals surface area contributed by atoms with Crippen LogP contribution in [0.25, 0.3) is 0 Å². The van der Waals surface area contributed by atoms with Crippen LogP contribution in [0, 0.1) is 6.92 Å². The number of aryl methyl sites for hydroxylation is 1. The van der Waals surface area contributed by atoms with E-state index in [0.29, 0.717) is 5.76 Å². The van der Waals surface area contributed by atoms with Gasteiger partial charge >= 0.3 is 0 Å². The van der Waals surface area contributed by atoms with Crippen molar-refractivity contribution in [3.8, 4) is 0 Å². The monoisotopic (exact) mass is 306 g/mol. The van der Waals surface area contributed by atoms with Gasteiger partial charge < -0.3 is 4.52 Å². The molecule has 0 bridgehead atoms. The summed E-state index contributed by atoms with van der Waals surface area (Å²) in [5.74, 6) is 0.598. The van der Waals surface area contributed by atoms with E-state index in [4.69, 9.17) is 27.7 Å². The molecule has 0 atom stereocenters. The van der Waals surface area contributed by atoms with Crippen LogP contribution in [-0.2, 0) is 10.0 Å². The second kappa shape index (κ2) is 4.79. The molecule has 0 aliphatic carbocycles. The van der Waals surface area contributed by atoms with E-state index in [9.17, 15) is 8.42 Å². The second-order valence-electron chi connectivity index (χ2n) is 3.53. The van der Waals surface area contributed by atoms with Gasteiger partial charge in [0.05, 0.1) is 4.90 Å². The van der Waals surface area contributed by atoms with Crippen molar-refractivity contribution in [2.45, 2.75) is 11.8 Å². The van der Waals surface area contributed by atoms with Gasteiger partial charge in [0.2, 0.25) is 0 Å². The fourth-order valence-electron chi connectivity index (χ4n) is 1.29. The van der Waals surface area contributed by atoms with Gasteiger partial charge in [-0.3, -0.25) is 4.72 Å². The van der Waals surface area contributed by atoms with Crippen LogP contribution in [0.1, 0.15) is 5.76 Å². The average Bonchev–Trinajstić information content (AvgIpc) is 2.61. The predicted octanol–water partition coefficient (Wildman–Crippen LogP) is 3.09. The molecule has 0 spiro atoms. The lowest BCUT2D eigenvalue weighted by Gasteiger charge is -2.05. The number of sulfonamides is 1. The Hall–Kier alpha value is -1.24. The normalized spacial score (nSPS) is 11.5. The summed E-state index contributed by atoms with van der Waals surface area (Å²) in [6.45, 7) is 1.65. The molecule has 8 heteroatoms. The van der Waals surface area contributed by atoms with Crippen molar-refractivity contribution >= 4 is 39.0 Å². The number of nitrogens with zero attached hydrogens (tertiary/aromatic N) is 1. The van der Waals surface area contributed by atoms with Crippen LogP contribution in [0.2, 0.25) is 10.0 Å². The van der Waals surface area contributed by atoms with E-state index in [-0.39, 0.29) is 20.8 Å². The van der Waals surface area contributed by atoms with E-state index in [1.54, 1.807) is 6.92 Å². The summed E-state index contributed by atoms with van der Waals surface area (Å²) in [5.41, 5.74) is 0. The Morgan fingerprint density at radius 1 is 1.17 bits per heavy atom. The minimum Gasteiger partial charge on any atom is -0.360 e. The van der Waals surface area contributed by atoms with Gasteiger partial charge in [0.1, 0.15) is 5.76 Å². The second-order valence-corrected chi connectivity index (χ2v) is 6.09. The largest absolute Gasteiger partial charge is 0.360 e. The number of aromatic nitrogens is 1. The van der Waals surface area contributed by atoms with E-state index >= 15 is 0 Å². The van der Waals surface area contributed by atoms with Crippen LogP contribution in [0.3, 0.4) is 0 Å². The number of anilines is 1. The zero-order valence-corrected chi connectivity index (χ0v) is 11.5. The highest BCUT2D eigenvalue weighted by atomic mass is 35.5. The molecule has 0 aliphatic rings. The Kier molecular flexibility index (Phi) is 3.52. The molecular formula is C10H8Cl2N2O3S. The highest BCUT2D eigenvalue weighted by molar-refractivity contribution is 7.92. The summed E-state index contributed by atoms with van der Waals surface area (Å²) >= 11 is 11.5. The van der Waals surface area contributed by atoms with Gasteiger partial charge in [-0.15, -0.1) is 0 Å². The van der Waals surface area contributed by atoms with Crippen LogP contribution >= 0.6 is 23.2 Å². The molecule has 1 N–H and O–H groups in total. The Balaban J connectivity index is 2.36. The average molecular weight is 307 g/mol. The summed E-state index contributed by atoms with van der Waals surface area (Å²) in [6.07, 6.45) is 0. The number of rotatable bonds is 3. The van der Waals surface area contributed by atoms with Crippen LogP contribution < -0.4 is 4.72 Å². The molecule has 0 unspecified atom stereocenters. The summed E-state index contributed by atoms with van der Waals surface area (Å²) in [7, 11) is -3.79. The van der Waals surface area contributed by atoms with Crippen molar-refractivity contribution in [3.05, 3.63) is 40.1 Å². The maximum atomic E-state index is 12.0. The molecule has 5 nitrogen and oxygen atoms in total. The van der Waals surface area contributed by atoms with Gasteiger partial charge in [0.25, 0.3) is 10.0 Å². The smallest absolute Gasteiger partial charge is 0.263 e. The molecule has 1 heterocycles. The molecule has 0 fully saturated rings. The van der Waals surface area contributed by atoms with Crippen LogP contribution in [0.15, 0.2) is 33.7 Å². The minimum absolute atomic E-state index is 0.0411. The summed E-state index contributed by atoms with van der Waals surface area (Å²) in [4.78, 5) is -0.0411. The lowest BCUT2D eigenvalue weighted by molar-refractivity contribution is 0.400. The van der Waals surface area contributed by atoms with E-state index in [2.05, 4.69) is 9.88 Å². The molecule has 96 valence electrons. The van der Waals surface area contributed by atoms with E-state index in [1.807, 2.05) is 0 Å². The maximum Gasteiger partial charge on any atom is 0.263 e. The molecule has 0 saturated heterocycles. The number of hydrogen-bond acceptors (Lipinski definition) is 4. The topological polar surface area (TPSA) is 72.2 Å². The summed E-state index contributed by atoms with van der Waals surface area (Å²) < 4.78 is 31.0. The molecule has 1 aromatic heterocycles. The molecule has 2 aromatic rings. The van der Waals surface area contributed by atoms with Crippen molar-refractivity contribution in [2.24, 2.45) is 0 Å². The summed E-state index contributed by atoms with van der Waals surface area (Å²) in [5, 5.41) is 4.01. The zero-order valence-electron chi connectivity index (χ0n) is 9.15. The Bertz CT molecular complexity index is 662. The standard InChI is InChI=1S/C10H8Cl2N2O3S/c1-6-2-10(13-17-6)14-18(15,16)9-4-7(11)3-8(12)5-9/h2-5H,1H3,(H,13,14). The minimum atomic E-state index is -3.79. The van der Waals surface area contributed by atoms with Gasteiger partial charge in [-0.1, -0.05) is 28.4 Å². The fraction of sp³-hybridized carbons (Fsp3) is 0.100. The van der Waals surface area contributed by atoms with Gasteiger partial charge in [0.15, 0.2) is 5.82 Å². The lowest BCUT2D eigenvalue weighted by atomic mass is 10.4. The summed E-state index contributed by atoms with van der Waals surface area (Å²) in [6, 6.07) is 5.50. The van der Waals surface area contributed by atoms with Crippen LogP contribution in [-0.4, -0.2) is 13.6 Å². The maximum absolute atomic E-state index is 12.0. The highest BCUT2D eigenvalue weighted by Gasteiger charge is 2.17. The molecule has 2 rings (SSSR count). The molecule has 1 aromatic carbocycles. The Morgan fingerprint density at radius 3 is 2.28 bits per heavy atom. The fourth-order valence-corrected chi connectivity index (χ4v) is 3.00. The van der Waals surface area contributed by atoms with E-state index in [0.717, 1.165) is 0 Å². The number of benzene rings is 1. The van der Waals surface area contributed by atoms with Crippen LogP contribution in [0.5, 0.6) is 0 Å². The third-order valence-corrected chi connectivity index (χ3v) is 3.78. The van der Waals surface area contributed by atoms with Crippen molar-refractivity contribution in [1.82, 2.24) is 5.16 Å². The van der Waals surface area contributed by atoms with Gasteiger partial charge in [-0.25, -0.2) is 8.42 Å². The molecule has 0 aliphatic heterocycles. The van der Waals surface area contributed by atoms with E-state index < -0.39 is 10.0 Å². The van der Waals surface area contributed by atoms with Crippen molar-refractivity contribution in [3.63, 3.8) is 0 Å². The molecule has 0 radical (unpaired) electrons. The first kappa shape index (κ1) is 13.2. The lowest BCUT2D eigenvalue weighted by Crippen LogP contribution is -2.13. The first-order valence-electron chi connectivity index (χ1n) is 4.79. The van der Waals surface area contributed by atoms with Gasteiger partial charge in [-0.2, -0.15) is 0 Å². The Morgan fingerprint density at radius 2 is 1.78 bits per heavy atom. The van der Waals surface area contributed by atoms with Crippen molar-refractivity contribution in [1.29, 1.82) is 0 Å².